The van der Waals surface area contributed by atoms with E-state index in [-0.39, 0.29) is 5.75 Å². The second kappa shape index (κ2) is 3.54. The lowest BCUT2D eigenvalue weighted by molar-refractivity contribution is 0.559. The largest absolute Gasteiger partial charge is 0.460 e. The second-order valence-corrected chi connectivity index (χ2v) is 6.21. The lowest BCUT2D eigenvalue weighted by Crippen LogP contribution is -1.92. The molecule has 0 aliphatic rings. The second-order valence-electron chi connectivity index (χ2n) is 3.44. The van der Waals surface area contributed by atoms with Crippen LogP contribution in [0.15, 0.2) is 28.7 Å². The van der Waals surface area contributed by atoms with Gasteiger partial charge in [-0.25, -0.2) is 8.42 Å². The predicted molar refractivity (Wildman–Crippen MR) is 59.4 cm³/mol. The zero-order chi connectivity index (χ0) is 11.1. The minimum absolute atomic E-state index is 0.276. The van der Waals surface area contributed by atoms with Crippen molar-refractivity contribution in [3.63, 3.8) is 0 Å². The van der Waals surface area contributed by atoms with Crippen LogP contribution in [0.5, 0.6) is 0 Å². The van der Waals surface area contributed by atoms with Crippen LogP contribution < -0.4 is 0 Å². The molecule has 0 unspecified atom stereocenters. The fourth-order valence-electron chi connectivity index (χ4n) is 1.46. The third-order valence-corrected chi connectivity index (χ3v) is 2.99. The quantitative estimate of drug-likeness (QED) is 0.764. The Morgan fingerprint density at radius 3 is 2.73 bits per heavy atom. The van der Waals surface area contributed by atoms with Crippen LogP contribution in [0.2, 0.25) is 0 Å². The van der Waals surface area contributed by atoms with Gasteiger partial charge in [0.05, 0.1) is 0 Å². The molecule has 15 heavy (non-hydrogen) atoms. The van der Waals surface area contributed by atoms with Gasteiger partial charge in [-0.15, -0.1) is 0 Å². The first kappa shape index (κ1) is 10.5. The maximum Gasteiger partial charge on any atom is 0.239 e. The fraction of sp³-hybridized carbons (Fsp3) is 0.200. The Hall–Kier alpha value is -1.000. The van der Waals surface area contributed by atoms with Crippen LogP contribution in [0.25, 0.3) is 11.0 Å². The van der Waals surface area contributed by atoms with Crippen LogP contribution in [0, 0.1) is 6.92 Å². The van der Waals surface area contributed by atoms with Crippen molar-refractivity contribution in [3.05, 3.63) is 35.6 Å². The van der Waals surface area contributed by atoms with Gasteiger partial charge in [0.2, 0.25) is 9.05 Å². The molecule has 80 valence electrons. The summed E-state index contributed by atoms with van der Waals surface area (Å²) in [5, 5.41) is 0.894. The van der Waals surface area contributed by atoms with E-state index in [9.17, 15) is 8.42 Å². The molecule has 0 amide bonds. The highest BCUT2D eigenvalue weighted by Gasteiger charge is 2.11. The highest BCUT2D eigenvalue weighted by atomic mass is 35.7. The highest BCUT2D eigenvalue weighted by Crippen LogP contribution is 2.22. The summed E-state index contributed by atoms with van der Waals surface area (Å²) in [6.45, 7) is 1.96. The molecule has 0 aliphatic carbocycles. The highest BCUT2D eigenvalue weighted by molar-refractivity contribution is 8.13. The standard InChI is InChI=1S/C10H9ClO3S/c1-7-2-3-10-8(4-7)5-9(14-10)6-15(11,12)13/h2-5H,6H2,1H3. The number of benzene rings is 1. The third-order valence-electron chi connectivity index (χ3n) is 2.04. The zero-order valence-corrected chi connectivity index (χ0v) is 9.60. The molecular weight excluding hydrogens is 236 g/mol. The normalized spacial score (nSPS) is 12.1. The summed E-state index contributed by atoms with van der Waals surface area (Å²) >= 11 is 0. The molecule has 1 aromatic heterocycles. The molecule has 0 bridgehead atoms. The molecule has 0 N–H and O–H groups in total. The summed E-state index contributed by atoms with van der Waals surface area (Å²) in [5.41, 5.74) is 1.78. The van der Waals surface area contributed by atoms with Gasteiger partial charge in [0, 0.05) is 16.1 Å². The first-order valence-corrected chi connectivity index (χ1v) is 6.83. The molecule has 5 heteroatoms. The number of hydrogen-bond donors (Lipinski definition) is 0. The van der Waals surface area contributed by atoms with E-state index < -0.39 is 9.05 Å². The molecule has 0 saturated heterocycles. The van der Waals surface area contributed by atoms with Crippen LogP contribution >= 0.6 is 10.7 Å². The molecule has 0 radical (unpaired) electrons. The van der Waals surface area contributed by atoms with E-state index in [1.54, 1.807) is 6.07 Å². The number of halogens is 1. The number of furan rings is 1. The Morgan fingerprint density at radius 1 is 1.33 bits per heavy atom. The van der Waals surface area contributed by atoms with Gasteiger partial charge in [-0.2, -0.15) is 0 Å². The van der Waals surface area contributed by atoms with Crippen LogP contribution in [0.3, 0.4) is 0 Å². The lowest BCUT2D eigenvalue weighted by Gasteiger charge is -1.90. The van der Waals surface area contributed by atoms with Gasteiger partial charge in [-0.1, -0.05) is 11.6 Å². The Morgan fingerprint density at radius 2 is 2.07 bits per heavy atom. The van der Waals surface area contributed by atoms with Crippen molar-refractivity contribution in [2.24, 2.45) is 0 Å². The van der Waals surface area contributed by atoms with E-state index in [4.69, 9.17) is 15.1 Å². The van der Waals surface area contributed by atoms with E-state index in [2.05, 4.69) is 0 Å². The molecule has 0 spiro atoms. The van der Waals surface area contributed by atoms with Crippen LogP contribution in [-0.2, 0) is 14.8 Å². The smallest absolute Gasteiger partial charge is 0.239 e. The number of fused-ring (bicyclic) bond motifs is 1. The Kier molecular flexibility index (Phi) is 2.48. The van der Waals surface area contributed by atoms with E-state index in [0.29, 0.717) is 11.3 Å². The molecule has 0 aliphatic heterocycles. The molecule has 2 aromatic rings. The van der Waals surface area contributed by atoms with Gasteiger partial charge in [0.25, 0.3) is 0 Å². The first-order valence-electron chi connectivity index (χ1n) is 4.35. The van der Waals surface area contributed by atoms with Gasteiger partial charge in [0.1, 0.15) is 17.1 Å². The first-order chi connectivity index (χ1) is 6.94. The minimum atomic E-state index is -3.56. The molecule has 0 saturated carbocycles. The van der Waals surface area contributed by atoms with Crippen molar-refractivity contribution in [1.82, 2.24) is 0 Å². The van der Waals surface area contributed by atoms with E-state index in [0.717, 1.165) is 10.9 Å². The molecule has 2 rings (SSSR count). The molecular formula is C10H9ClO3S. The Labute approximate surface area is 92.1 Å². The van der Waals surface area contributed by atoms with Crippen molar-refractivity contribution in [1.29, 1.82) is 0 Å². The van der Waals surface area contributed by atoms with Gasteiger partial charge in [-0.3, -0.25) is 0 Å². The molecule has 1 aromatic carbocycles. The summed E-state index contributed by atoms with van der Waals surface area (Å²) < 4.78 is 27.0. The summed E-state index contributed by atoms with van der Waals surface area (Å²) in [7, 11) is 1.58. The van der Waals surface area contributed by atoms with E-state index in [1.807, 2.05) is 25.1 Å². The van der Waals surface area contributed by atoms with Gasteiger partial charge in [0.15, 0.2) is 0 Å². The average Bonchev–Trinajstić information content (AvgIpc) is 2.42. The maximum atomic E-state index is 10.8. The summed E-state index contributed by atoms with van der Waals surface area (Å²) in [5.74, 6) is 0.0908. The SMILES string of the molecule is Cc1ccc2oc(CS(=O)(=O)Cl)cc2c1. The predicted octanol–water partition coefficient (Wildman–Crippen LogP) is 2.81. The third kappa shape index (κ3) is 2.52. The van der Waals surface area contributed by atoms with Gasteiger partial charge < -0.3 is 4.42 Å². The van der Waals surface area contributed by atoms with Crippen molar-refractivity contribution < 1.29 is 12.8 Å². The Balaban J connectivity index is 2.48. The average molecular weight is 245 g/mol. The zero-order valence-electron chi connectivity index (χ0n) is 8.03. The van der Waals surface area contributed by atoms with Crippen LogP contribution in [0.4, 0.5) is 0 Å². The van der Waals surface area contributed by atoms with Crippen molar-refractivity contribution in [2.45, 2.75) is 12.7 Å². The number of hydrogen-bond acceptors (Lipinski definition) is 3. The maximum absolute atomic E-state index is 10.8. The van der Waals surface area contributed by atoms with Crippen LogP contribution in [-0.4, -0.2) is 8.42 Å². The lowest BCUT2D eigenvalue weighted by atomic mass is 10.2. The molecule has 3 nitrogen and oxygen atoms in total. The molecule has 0 fully saturated rings. The molecule has 0 atom stereocenters. The van der Waals surface area contributed by atoms with E-state index in [1.165, 1.54) is 0 Å². The van der Waals surface area contributed by atoms with Gasteiger partial charge >= 0.3 is 0 Å². The summed E-state index contributed by atoms with van der Waals surface area (Å²) in [6.07, 6.45) is 0. The summed E-state index contributed by atoms with van der Waals surface area (Å²) in [4.78, 5) is 0. The topological polar surface area (TPSA) is 47.3 Å². The van der Waals surface area contributed by atoms with Crippen molar-refractivity contribution in [3.8, 4) is 0 Å². The number of aryl methyl sites for hydroxylation is 1. The van der Waals surface area contributed by atoms with Gasteiger partial charge in [-0.05, 0) is 25.1 Å². The minimum Gasteiger partial charge on any atom is -0.460 e. The van der Waals surface area contributed by atoms with Crippen LogP contribution in [0.1, 0.15) is 11.3 Å². The Bertz CT molecular complexity index is 598. The van der Waals surface area contributed by atoms with Crippen molar-refractivity contribution in [2.75, 3.05) is 0 Å². The fourth-order valence-corrected chi connectivity index (χ4v) is 2.26. The summed E-state index contributed by atoms with van der Waals surface area (Å²) in [6, 6.07) is 7.35. The van der Waals surface area contributed by atoms with Crippen molar-refractivity contribution >= 4 is 30.7 Å². The number of rotatable bonds is 2. The molecule has 1 heterocycles. The van der Waals surface area contributed by atoms with E-state index >= 15 is 0 Å². The monoisotopic (exact) mass is 244 g/mol.